The predicted octanol–water partition coefficient (Wildman–Crippen LogP) is 6.26. The summed E-state index contributed by atoms with van der Waals surface area (Å²) in [6.07, 6.45) is -0.421. The largest absolute Gasteiger partial charge is 0.419 e. The molecule has 0 bridgehead atoms. The van der Waals surface area contributed by atoms with Gasteiger partial charge in [-0.1, -0.05) is 12.1 Å². The monoisotopic (exact) mass is 502 g/mol. The summed E-state index contributed by atoms with van der Waals surface area (Å²) in [5.74, 6) is -0.533. The van der Waals surface area contributed by atoms with Crippen molar-refractivity contribution in [2.45, 2.75) is 6.18 Å². The van der Waals surface area contributed by atoms with Crippen molar-refractivity contribution in [2.24, 2.45) is 0 Å². The van der Waals surface area contributed by atoms with Crippen molar-refractivity contribution >= 4 is 36.3 Å². The molecule has 0 amide bonds. The smallest absolute Gasteiger partial charge is 0.366 e. The van der Waals surface area contributed by atoms with Crippen LogP contribution in [-0.2, 0) is 6.18 Å². The number of hydrogen-bond donors (Lipinski definition) is 2. The lowest BCUT2D eigenvalue weighted by atomic mass is 10.1. The van der Waals surface area contributed by atoms with Crippen LogP contribution in [-0.4, -0.2) is 52.7 Å². The Morgan fingerprint density at radius 2 is 1.89 bits per heavy atom. The molecule has 1 unspecified atom stereocenters. The van der Waals surface area contributed by atoms with Crippen LogP contribution in [0.3, 0.4) is 0 Å². The van der Waals surface area contributed by atoms with Gasteiger partial charge in [0.15, 0.2) is 0 Å². The van der Waals surface area contributed by atoms with Crippen molar-refractivity contribution in [3.8, 4) is 11.3 Å². The second-order valence-electron chi connectivity index (χ2n) is 8.47. The highest BCUT2D eigenvalue weighted by Gasteiger charge is 2.36. The molecule has 0 aliphatic carbocycles. The number of para-hydroxylation sites is 1. The molecule has 1 aliphatic heterocycles. The third kappa shape index (κ3) is 4.68. The van der Waals surface area contributed by atoms with Crippen molar-refractivity contribution < 1.29 is 17.6 Å². The number of nitrogens with one attached hydrogen (secondary N) is 2. The van der Waals surface area contributed by atoms with Gasteiger partial charge in [0, 0.05) is 47.4 Å². The number of anilines is 3. The first kappa shape index (κ1) is 23.5. The number of benzene rings is 2. The summed E-state index contributed by atoms with van der Waals surface area (Å²) in [7, 11) is 4.05. The Hall–Kier alpha value is -3.23. The normalized spacial score (nSPS) is 16.4. The van der Waals surface area contributed by atoms with E-state index in [1.54, 1.807) is 6.07 Å². The van der Waals surface area contributed by atoms with Crippen molar-refractivity contribution in [2.75, 3.05) is 43.3 Å². The zero-order valence-electron chi connectivity index (χ0n) is 19.1. The van der Waals surface area contributed by atoms with Gasteiger partial charge >= 0.3 is 6.18 Å². The zero-order chi connectivity index (χ0) is 24.7. The lowest BCUT2D eigenvalue weighted by Gasteiger charge is -2.22. The molecule has 2 N–H and O–H groups in total. The molecular weight excluding hydrogens is 479 g/mol. The maximum absolute atomic E-state index is 14.1. The van der Waals surface area contributed by atoms with Gasteiger partial charge in [0.05, 0.1) is 17.5 Å². The minimum Gasteiger partial charge on any atom is -0.366 e. The molecule has 0 spiro atoms. The van der Waals surface area contributed by atoms with Crippen LogP contribution in [0, 0.1) is 5.82 Å². The SMILES string of the molecule is CN(C)P1CCN(c2ccc(Nc3ncc(C(F)(F)F)c(-c4c[nH]c5c(F)cccc45)n3)cc2)C1. The summed E-state index contributed by atoms with van der Waals surface area (Å²) >= 11 is 0. The van der Waals surface area contributed by atoms with Crippen molar-refractivity contribution in [1.82, 2.24) is 19.6 Å². The molecule has 35 heavy (non-hydrogen) atoms. The van der Waals surface area contributed by atoms with E-state index in [0.29, 0.717) is 11.1 Å². The number of H-pyrrole nitrogens is 1. The van der Waals surface area contributed by atoms with Crippen LogP contribution < -0.4 is 10.2 Å². The summed E-state index contributed by atoms with van der Waals surface area (Å²) in [6.45, 7) is 0.993. The average Bonchev–Trinajstić information content (AvgIpc) is 3.47. The fourth-order valence-corrected chi connectivity index (χ4v) is 6.13. The van der Waals surface area contributed by atoms with Gasteiger partial charge in [0.1, 0.15) is 11.4 Å². The highest BCUT2D eigenvalue weighted by Crippen LogP contribution is 2.44. The number of nitrogens with zero attached hydrogens (tertiary/aromatic N) is 4. The molecule has 2 aromatic heterocycles. The summed E-state index contributed by atoms with van der Waals surface area (Å²) in [5, 5.41) is 3.31. The Kier molecular flexibility index (Phi) is 6.11. The van der Waals surface area contributed by atoms with Gasteiger partial charge in [-0.15, -0.1) is 0 Å². The van der Waals surface area contributed by atoms with Crippen LogP contribution in [0.5, 0.6) is 0 Å². The Morgan fingerprint density at radius 3 is 2.57 bits per heavy atom. The highest BCUT2D eigenvalue weighted by atomic mass is 31.1. The summed E-state index contributed by atoms with van der Waals surface area (Å²) in [6, 6.07) is 11.9. The van der Waals surface area contributed by atoms with E-state index >= 15 is 0 Å². The molecular formula is C24H23F4N6P. The second-order valence-corrected chi connectivity index (χ2v) is 11.0. The Bertz CT molecular complexity index is 1350. The van der Waals surface area contributed by atoms with Gasteiger partial charge in [0.25, 0.3) is 0 Å². The van der Waals surface area contributed by atoms with Crippen molar-refractivity contribution in [3.63, 3.8) is 0 Å². The number of fused-ring (bicyclic) bond motifs is 1. The maximum atomic E-state index is 14.1. The molecule has 11 heteroatoms. The molecule has 3 heterocycles. The Morgan fingerprint density at radius 1 is 1.11 bits per heavy atom. The topological polar surface area (TPSA) is 60.1 Å². The fraction of sp³-hybridized carbons (Fsp3) is 0.250. The third-order valence-corrected chi connectivity index (χ3v) is 8.55. The van der Waals surface area contributed by atoms with Crippen LogP contribution in [0.25, 0.3) is 22.2 Å². The predicted molar refractivity (Wildman–Crippen MR) is 132 cm³/mol. The van der Waals surface area contributed by atoms with Crippen LogP contribution >= 0.6 is 8.07 Å². The van der Waals surface area contributed by atoms with Gasteiger partial charge in [-0.3, -0.25) is 4.67 Å². The number of aromatic nitrogens is 3. The first-order valence-corrected chi connectivity index (χ1v) is 12.6. The van der Waals surface area contributed by atoms with E-state index in [4.69, 9.17) is 0 Å². The average molecular weight is 502 g/mol. The molecule has 1 fully saturated rings. The summed E-state index contributed by atoms with van der Waals surface area (Å²) < 4.78 is 57.7. The van der Waals surface area contributed by atoms with Crippen LogP contribution in [0.1, 0.15) is 5.56 Å². The number of aromatic amines is 1. The lowest BCUT2D eigenvalue weighted by Crippen LogP contribution is -2.18. The van der Waals surface area contributed by atoms with Crippen LogP contribution in [0.15, 0.2) is 54.9 Å². The first-order chi connectivity index (χ1) is 16.7. The first-order valence-electron chi connectivity index (χ1n) is 10.9. The number of hydrogen-bond acceptors (Lipinski definition) is 5. The van der Waals surface area contributed by atoms with E-state index in [1.807, 2.05) is 24.3 Å². The molecule has 1 saturated heterocycles. The molecule has 5 rings (SSSR count). The highest BCUT2D eigenvalue weighted by molar-refractivity contribution is 7.55. The van der Waals surface area contributed by atoms with E-state index < -0.39 is 17.6 Å². The van der Waals surface area contributed by atoms with Crippen molar-refractivity contribution in [1.29, 1.82) is 0 Å². The Balaban J connectivity index is 1.44. The molecule has 1 aliphatic rings. The Labute approximate surface area is 200 Å². The standard InChI is InChI=1S/C24H23F4N6P/c1-33(2)35-11-10-34(14-35)16-8-6-15(7-9-16)31-23-30-13-19(24(26,27)28)21(32-23)18-12-29-22-17(18)4-3-5-20(22)25/h3-9,12-13,29H,10-11,14H2,1-2H3,(H,30,31,32). The van der Waals surface area contributed by atoms with Gasteiger partial charge in [0.2, 0.25) is 5.95 Å². The molecule has 1 atom stereocenters. The van der Waals surface area contributed by atoms with E-state index in [1.165, 1.54) is 18.3 Å². The minimum atomic E-state index is -4.67. The minimum absolute atomic E-state index is 0.0174. The number of halogens is 4. The quantitative estimate of drug-likeness (QED) is 0.249. The number of alkyl halides is 3. The van der Waals surface area contributed by atoms with Crippen molar-refractivity contribution in [3.05, 3.63) is 66.2 Å². The summed E-state index contributed by atoms with van der Waals surface area (Å²) in [4.78, 5) is 13.1. The van der Waals surface area contributed by atoms with E-state index in [0.717, 1.165) is 30.9 Å². The van der Waals surface area contributed by atoms with E-state index in [2.05, 4.69) is 43.9 Å². The van der Waals surface area contributed by atoms with Gasteiger partial charge in [-0.25, -0.2) is 14.4 Å². The molecule has 0 saturated carbocycles. The summed E-state index contributed by atoms with van der Waals surface area (Å²) in [5.41, 5.74) is 0.710. The van der Waals surface area contributed by atoms with Gasteiger partial charge < -0.3 is 15.2 Å². The molecule has 0 radical (unpaired) electrons. The number of rotatable bonds is 5. The zero-order valence-corrected chi connectivity index (χ0v) is 20.0. The molecule has 182 valence electrons. The second kappa shape index (κ2) is 9.09. The molecule has 2 aromatic carbocycles. The third-order valence-electron chi connectivity index (χ3n) is 6.03. The van der Waals surface area contributed by atoms with E-state index in [9.17, 15) is 17.6 Å². The molecule has 6 nitrogen and oxygen atoms in total. The molecule has 4 aromatic rings. The van der Waals surface area contributed by atoms with Crippen LogP contribution in [0.2, 0.25) is 0 Å². The van der Waals surface area contributed by atoms with E-state index in [-0.39, 0.29) is 30.8 Å². The van der Waals surface area contributed by atoms with Gasteiger partial charge in [-0.2, -0.15) is 13.2 Å². The lowest BCUT2D eigenvalue weighted by molar-refractivity contribution is -0.137. The maximum Gasteiger partial charge on any atom is 0.419 e. The fourth-order valence-electron chi connectivity index (χ4n) is 4.16. The van der Waals surface area contributed by atoms with Gasteiger partial charge in [-0.05, 0) is 52.5 Å². The van der Waals surface area contributed by atoms with Crippen LogP contribution in [0.4, 0.5) is 34.9 Å².